The predicted octanol–water partition coefficient (Wildman–Crippen LogP) is 16.2. The van der Waals surface area contributed by atoms with Crippen LogP contribution >= 0.6 is 0 Å². The summed E-state index contributed by atoms with van der Waals surface area (Å²) in [6.07, 6.45) is 60.9. The van der Waals surface area contributed by atoms with Crippen LogP contribution in [0.5, 0.6) is 0 Å². The predicted molar refractivity (Wildman–Crippen MR) is 244 cm³/mol. The fourth-order valence-electron chi connectivity index (χ4n) is 8.12. The zero-order chi connectivity index (χ0) is 40.0. The van der Waals surface area contributed by atoms with E-state index in [0.717, 1.165) is 25.7 Å². The molecule has 0 aromatic rings. The van der Waals surface area contributed by atoms with E-state index in [1.807, 2.05) is 6.08 Å². The zero-order valence-electron chi connectivity index (χ0n) is 37.7. The molecule has 0 spiro atoms. The molecule has 0 aliphatic carbocycles. The SMILES string of the molecule is CCCCCCCCC/C=C/C(O)C(CO)NC(=O)CCCCCCCCCCCCCCCCCCCCCCCCCCCCCCCCCCCC. The Bertz CT molecular complexity index is 754. The van der Waals surface area contributed by atoms with Gasteiger partial charge in [0.2, 0.25) is 5.91 Å². The Morgan fingerprint density at radius 3 is 0.945 bits per heavy atom. The Morgan fingerprint density at radius 1 is 0.418 bits per heavy atom. The molecule has 0 fully saturated rings. The van der Waals surface area contributed by atoms with Gasteiger partial charge in [-0.2, -0.15) is 0 Å². The summed E-state index contributed by atoms with van der Waals surface area (Å²) < 4.78 is 0. The minimum atomic E-state index is -0.832. The first-order chi connectivity index (χ1) is 27.2. The molecule has 4 nitrogen and oxygen atoms in total. The maximum Gasteiger partial charge on any atom is 0.220 e. The van der Waals surface area contributed by atoms with E-state index in [9.17, 15) is 15.0 Å². The Hall–Kier alpha value is -0.870. The second-order valence-electron chi connectivity index (χ2n) is 17.6. The van der Waals surface area contributed by atoms with Gasteiger partial charge in [-0.15, -0.1) is 0 Å². The van der Waals surface area contributed by atoms with Crippen LogP contribution in [0.1, 0.15) is 290 Å². The van der Waals surface area contributed by atoms with Gasteiger partial charge in [0.1, 0.15) is 0 Å². The summed E-state index contributed by atoms with van der Waals surface area (Å²) in [5.74, 6) is -0.0607. The number of carbonyl (C=O) groups excluding carboxylic acids is 1. The number of allylic oxidation sites excluding steroid dienone is 1. The number of nitrogens with one attached hydrogen (secondary N) is 1. The molecule has 0 bridgehead atoms. The number of aliphatic hydroxyl groups is 2. The Morgan fingerprint density at radius 2 is 0.673 bits per heavy atom. The molecular weight excluding hydrogens is 675 g/mol. The van der Waals surface area contributed by atoms with Gasteiger partial charge in [0.05, 0.1) is 18.8 Å². The summed E-state index contributed by atoms with van der Waals surface area (Å²) in [6.45, 7) is 4.30. The molecule has 0 aromatic carbocycles. The molecule has 0 heterocycles. The van der Waals surface area contributed by atoms with Crippen molar-refractivity contribution in [2.24, 2.45) is 0 Å². The molecule has 0 aliphatic heterocycles. The maximum atomic E-state index is 12.4. The van der Waals surface area contributed by atoms with E-state index in [-0.39, 0.29) is 12.5 Å². The van der Waals surface area contributed by atoms with Crippen molar-refractivity contribution in [2.45, 2.75) is 302 Å². The minimum Gasteiger partial charge on any atom is -0.394 e. The first kappa shape index (κ1) is 54.1. The average molecular weight is 776 g/mol. The monoisotopic (exact) mass is 776 g/mol. The highest BCUT2D eigenvalue weighted by molar-refractivity contribution is 5.76. The van der Waals surface area contributed by atoms with Gasteiger partial charge < -0.3 is 15.5 Å². The molecule has 3 N–H and O–H groups in total. The molecule has 1 amide bonds. The fraction of sp³-hybridized carbons (Fsp3) is 0.941. The molecule has 4 heteroatoms. The molecule has 2 atom stereocenters. The van der Waals surface area contributed by atoms with Crippen LogP contribution in [0.4, 0.5) is 0 Å². The van der Waals surface area contributed by atoms with Crippen LogP contribution in [0, 0.1) is 0 Å². The van der Waals surface area contributed by atoms with Crippen molar-refractivity contribution in [1.82, 2.24) is 5.32 Å². The summed E-state index contributed by atoms with van der Waals surface area (Å²) in [5.41, 5.74) is 0. The van der Waals surface area contributed by atoms with Crippen LogP contribution < -0.4 is 5.32 Å². The largest absolute Gasteiger partial charge is 0.394 e. The van der Waals surface area contributed by atoms with E-state index >= 15 is 0 Å². The lowest BCUT2D eigenvalue weighted by Gasteiger charge is -2.20. The second kappa shape index (κ2) is 47.5. The summed E-state index contributed by atoms with van der Waals surface area (Å²) >= 11 is 0. The van der Waals surface area contributed by atoms with Crippen molar-refractivity contribution in [2.75, 3.05) is 6.61 Å². The van der Waals surface area contributed by atoms with Crippen LogP contribution in [-0.4, -0.2) is 34.9 Å². The number of hydrogen-bond acceptors (Lipinski definition) is 3. The number of amides is 1. The number of rotatable bonds is 47. The van der Waals surface area contributed by atoms with E-state index in [4.69, 9.17) is 0 Å². The van der Waals surface area contributed by atoms with Crippen LogP contribution in [0.25, 0.3) is 0 Å². The Labute approximate surface area is 346 Å². The zero-order valence-corrected chi connectivity index (χ0v) is 37.7. The van der Waals surface area contributed by atoms with Crippen molar-refractivity contribution in [1.29, 1.82) is 0 Å². The smallest absolute Gasteiger partial charge is 0.220 e. The molecule has 0 aliphatic rings. The molecule has 0 saturated heterocycles. The first-order valence-electron chi connectivity index (χ1n) is 25.4. The highest BCUT2D eigenvalue weighted by atomic mass is 16.3. The van der Waals surface area contributed by atoms with Crippen molar-refractivity contribution < 1.29 is 15.0 Å². The number of unbranched alkanes of at least 4 members (excludes halogenated alkanes) is 40. The fourth-order valence-corrected chi connectivity index (χ4v) is 8.12. The van der Waals surface area contributed by atoms with Gasteiger partial charge in [0.25, 0.3) is 0 Å². The van der Waals surface area contributed by atoms with Gasteiger partial charge >= 0.3 is 0 Å². The lowest BCUT2D eigenvalue weighted by atomic mass is 10.0. The Balaban J connectivity index is 3.33. The highest BCUT2D eigenvalue weighted by Gasteiger charge is 2.18. The molecule has 55 heavy (non-hydrogen) atoms. The number of aliphatic hydroxyl groups excluding tert-OH is 2. The third kappa shape index (κ3) is 44.1. The third-order valence-corrected chi connectivity index (χ3v) is 12.0. The normalized spacial score (nSPS) is 12.9. The van der Waals surface area contributed by atoms with Gasteiger partial charge in [-0.1, -0.05) is 276 Å². The average Bonchev–Trinajstić information content (AvgIpc) is 3.19. The van der Waals surface area contributed by atoms with E-state index in [0.29, 0.717) is 6.42 Å². The molecule has 0 radical (unpaired) electrons. The van der Waals surface area contributed by atoms with Crippen molar-refractivity contribution in [3.05, 3.63) is 12.2 Å². The summed E-state index contributed by atoms with van der Waals surface area (Å²) in [4.78, 5) is 12.4. The molecule has 0 aromatic heterocycles. The summed E-state index contributed by atoms with van der Waals surface area (Å²) in [7, 11) is 0. The van der Waals surface area contributed by atoms with Crippen molar-refractivity contribution >= 4 is 5.91 Å². The van der Waals surface area contributed by atoms with Crippen LogP contribution in [0.3, 0.4) is 0 Å². The van der Waals surface area contributed by atoms with Crippen LogP contribution in [0.15, 0.2) is 12.2 Å². The molecular formula is C51H101NO3. The molecule has 328 valence electrons. The van der Waals surface area contributed by atoms with E-state index in [2.05, 4.69) is 19.2 Å². The van der Waals surface area contributed by atoms with Crippen molar-refractivity contribution in [3.8, 4) is 0 Å². The van der Waals surface area contributed by atoms with Gasteiger partial charge in [0, 0.05) is 6.42 Å². The first-order valence-corrected chi connectivity index (χ1v) is 25.4. The van der Waals surface area contributed by atoms with Gasteiger partial charge in [-0.3, -0.25) is 4.79 Å². The van der Waals surface area contributed by atoms with E-state index in [1.165, 1.54) is 244 Å². The second-order valence-corrected chi connectivity index (χ2v) is 17.6. The van der Waals surface area contributed by atoms with Gasteiger partial charge in [0.15, 0.2) is 0 Å². The summed E-state index contributed by atoms with van der Waals surface area (Å²) in [5, 5.41) is 22.9. The van der Waals surface area contributed by atoms with Crippen LogP contribution in [0.2, 0.25) is 0 Å². The lowest BCUT2D eigenvalue weighted by molar-refractivity contribution is -0.123. The molecule has 0 saturated carbocycles. The quantitative estimate of drug-likeness (QED) is 0.0426. The standard InChI is InChI=1S/C51H101NO3/c1-3-5-7-9-11-13-14-15-16-17-18-19-20-21-22-23-24-25-26-27-28-29-30-31-32-33-34-35-36-37-39-41-43-45-47-51(55)52-49(48-53)50(54)46-44-42-40-38-12-10-8-6-4-2/h44,46,49-50,53-54H,3-43,45,47-48H2,1-2H3,(H,52,55)/b46-44+. The number of carbonyl (C=O) groups is 1. The molecule has 2 unspecified atom stereocenters. The van der Waals surface area contributed by atoms with E-state index < -0.39 is 12.1 Å². The molecule has 0 rings (SSSR count). The Kier molecular flexibility index (Phi) is 46.8. The minimum absolute atomic E-state index is 0.0607. The lowest BCUT2D eigenvalue weighted by Crippen LogP contribution is -2.45. The summed E-state index contributed by atoms with van der Waals surface area (Å²) in [6, 6.07) is -0.615. The van der Waals surface area contributed by atoms with Crippen LogP contribution in [-0.2, 0) is 4.79 Å². The topological polar surface area (TPSA) is 69.6 Å². The van der Waals surface area contributed by atoms with Gasteiger partial charge in [-0.25, -0.2) is 0 Å². The van der Waals surface area contributed by atoms with Gasteiger partial charge in [-0.05, 0) is 19.3 Å². The number of hydrogen-bond donors (Lipinski definition) is 3. The maximum absolute atomic E-state index is 12.4. The highest BCUT2D eigenvalue weighted by Crippen LogP contribution is 2.17. The van der Waals surface area contributed by atoms with E-state index in [1.54, 1.807) is 6.08 Å². The van der Waals surface area contributed by atoms with Crippen molar-refractivity contribution in [3.63, 3.8) is 0 Å². The third-order valence-electron chi connectivity index (χ3n) is 12.0.